The molecule has 1 rings (SSSR count). The van der Waals surface area contributed by atoms with Gasteiger partial charge in [-0.25, -0.2) is 10.6 Å². The monoisotopic (exact) mass is 193 g/mol. The largest absolute Gasteiger partial charge is 0.340 e. The molecule has 0 radical (unpaired) electrons. The second-order valence-corrected chi connectivity index (χ2v) is 3.17. The SMILES string of the molecule is CNC(=O)N(N)Cc1ccc(C)cc1. The Balaban J connectivity index is 2.60. The smallest absolute Gasteiger partial charge is 0.331 e. The topological polar surface area (TPSA) is 58.4 Å². The molecule has 1 aromatic carbocycles. The normalized spacial score (nSPS) is 9.64. The molecule has 0 aromatic heterocycles. The van der Waals surface area contributed by atoms with E-state index >= 15 is 0 Å². The lowest BCUT2D eigenvalue weighted by atomic mass is 10.1. The van der Waals surface area contributed by atoms with Gasteiger partial charge in [0.05, 0.1) is 6.54 Å². The highest BCUT2D eigenvalue weighted by Crippen LogP contribution is 2.04. The Morgan fingerprint density at radius 2 is 2.00 bits per heavy atom. The molecule has 0 heterocycles. The third kappa shape index (κ3) is 2.74. The number of aryl methyl sites for hydroxylation is 1. The fourth-order valence-corrected chi connectivity index (χ4v) is 1.11. The predicted octanol–water partition coefficient (Wildman–Crippen LogP) is 1.01. The number of carbonyl (C=O) groups is 1. The van der Waals surface area contributed by atoms with Crippen LogP contribution < -0.4 is 11.2 Å². The number of nitrogens with two attached hydrogens (primary N) is 1. The van der Waals surface area contributed by atoms with Crippen molar-refractivity contribution in [3.05, 3.63) is 35.4 Å². The van der Waals surface area contributed by atoms with Gasteiger partial charge in [0.2, 0.25) is 0 Å². The maximum Gasteiger partial charge on any atom is 0.331 e. The van der Waals surface area contributed by atoms with Crippen molar-refractivity contribution < 1.29 is 4.79 Å². The van der Waals surface area contributed by atoms with Crippen LogP contribution >= 0.6 is 0 Å². The maximum atomic E-state index is 11.1. The highest BCUT2D eigenvalue weighted by Gasteiger charge is 2.06. The molecule has 3 N–H and O–H groups in total. The number of urea groups is 1. The van der Waals surface area contributed by atoms with E-state index in [-0.39, 0.29) is 6.03 Å². The van der Waals surface area contributed by atoms with E-state index in [9.17, 15) is 4.79 Å². The molecule has 0 aliphatic heterocycles. The first-order chi connectivity index (χ1) is 6.63. The van der Waals surface area contributed by atoms with Crippen LogP contribution in [0.4, 0.5) is 4.79 Å². The lowest BCUT2D eigenvalue weighted by Gasteiger charge is -2.15. The lowest BCUT2D eigenvalue weighted by Crippen LogP contribution is -2.42. The third-order valence-electron chi connectivity index (χ3n) is 1.95. The Kier molecular flexibility index (Phi) is 3.48. The predicted molar refractivity (Wildman–Crippen MR) is 55.4 cm³/mol. The summed E-state index contributed by atoms with van der Waals surface area (Å²) in [5.74, 6) is 5.52. The molecule has 14 heavy (non-hydrogen) atoms. The molecule has 0 saturated carbocycles. The van der Waals surface area contributed by atoms with Gasteiger partial charge in [0, 0.05) is 7.05 Å². The van der Waals surface area contributed by atoms with Crippen LogP contribution in [0.25, 0.3) is 0 Å². The summed E-state index contributed by atoms with van der Waals surface area (Å²) >= 11 is 0. The summed E-state index contributed by atoms with van der Waals surface area (Å²) in [6, 6.07) is 7.61. The maximum absolute atomic E-state index is 11.1. The van der Waals surface area contributed by atoms with E-state index < -0.39 is 0 Å². The number of benzene rings is 1. The zero-order chi connectivity index (χ0) is 10.6. The average Bonchev–Trinajstić information content (AvgIpc) is 2.20. The zero-order valence-corrected chi connectivity index (χ0v) is 8.45. The van der Waals surface area contributed by atoms with Crippen molar-refractivity contribution in [2.24, 2.45) is 5.84 Å². The molecule has 0 aliphatic rings. The number of amides is 2. The summed E-state index contributed by atoms with van der Waals surface area (Å²) in [6.07, 6.45) is 0. The summed E-state index contributed by atoms with van der Waals surface area (Å²) in [4.78, 5) is 11.1. The van der Waals surface area contributed by atoms with E-state index in [0.29, 0.717) is 6.54 Å². The van der Waals surface area contributed by atoms with Gasteiger partial charge in [-0.15, -0.1) is 0 Å². The number of nitrogens with one attached hydrogen (secondary N) is 1. The fourth-order valence-electron chi connectivity index (χ4n) is 1.11. The number of carbonyl (C=O) groups excluding carboxylic acids is 1. The van der Waals surface area contributed by atoms with Crippen LogP contribution in [0.2, 0.25) is 0 Å². The fraction of sp³-hybridized carbons (Fsp3) is 0.300. The van der Waals surface area contributed by atoms with Gasteiger partial charge in [-0.2, -0.15) is 0 Å². The molecule has 0 unspecified atom stereocenters. The van der Waals surface area contributed by atoms with E-state index in [0.717, 1.165) is 10.6 Å². The highest BCUT2D eigenvalue weighted by atomic mass is 16.2. The average molecular weight is 193 g/mol. The minimum Gasteiger partial charge on any atom is -0.340 e. The molecule has 0 atom stereocenters. The van der Waals surface area contributed by atoms with Crippen molar-refractivity contribution in [3.8, 4) is 0 Å². The van der Waals surface area contributed by atoms with Crippen LogP contribution in [0.3, 0.4) is 0 Å². The number of hydrazine groups is 1. The Hall–Kier alpha value is -1.55. The van der Waals surface area contributed by atoms with E-state index in [1.165, 1.54) is 5.56 Å². The summed E-state index contributed by atoms with van der Waals surface area (Å²) in [5.41, 5.74) is 2.21. The molecule has 0 spiro atoms. The van der Waals surface area contributed by atoms with Crippen LogP contribution in [-0.2, 0) is 6.54 Å². The Morgan fingerprint density at radius 1 is 1.43 bits per heavy atom. The van der Waals surface area contributed by atoms with Gasteiger partial charge in [0.1, 0.15) is 0 Å². The van der Waals surface area contributed by atoms with Crippen LogP contribution in [0.15, 0.2) is 24.3 Å². The summed E-state index contributed by atoms with van der Waals surface area (Å²) in [5, 5.41) is 3.60. The summed E-state index contributed by atoms with van der Waals surface area (Å²) < 4.78 is 0. The molecule has 0 aliphatic carbocycles. The zero-order valence-electron chi connectivity index (χ0n) is 8.45. The van der Waals surface area contributed by atoms with Crippen molar-refractivity contribution in [1.82, 2.24) is 10.3 Å². The van der Waals surface area contributed by atoms with Gasteiger partial charge in [0.25, 0.3) is 0 Å². The number of rotatable bonds is 2. The molecule has 1 aromatic rings. The van der Waals surface area contributed by atoms with Gasteiger partial charge in [-0.3, -0.25) is 5.01 Å². The van der Waals surface area contributed by atoms with Crippen LogP contribution in [-0.4, -0.2) is 18.1 Å². The lowest BCUT2D eigenvalue weighted by molar-refractivity contribution is 0.198. The first-order valence-electron chi connectivity index (χ1n) is 4.43. The Bertz CT molecular complexity index is 308. The van der Waals surface area contributed by atoms with Gasteiger partial charge in [-0.05, 0) is 12.5 Å². The van der Waals surface area contributed by atoms with E-state index in [1.807, 2.05) is 31.2 Å². The minimum absolute atomic E-state index is 0.287. The second kappa shape index (κ2) is 4.62. The minimum atomic E-state index is -0.287. The number of nitrogens with zero attached hydrogens (tertiary/aromatic N) is 1. The van der Waals surface area contributed by atoms with Crippen molar-refractivity contribution in [3.63, 3.8) is 0 Å². The van der Waals surface area contributed by atoms with Crippen LogP contribution in [0.1, 0.15) is 11.1 Å². The number of hydrogen-bond acceptors (Lipinski definition) is 2. The van der Waals surface area contributed by atoms with Gasteiger partial charge >= 0.3 is 6.03 Å². The molecule has 76 valence electrons. The Morgan fingerprint density at radius 3 is 2.50 bits per heavy atom. The van der Waals surface area contributed by atoms with Gasteiger partial charge in [-0.1, -0.05) is 29.8 Å². The molecular formula is C10H15N3O. The van der Waals surface area contributed by atoms with Crippen LogP contribution in [0.5, 0.6) is 0 Å². The second-order valence-electron chi connectivity index (χ2n) is 3.17. The summed E-state index contributed by atoms with van der Waals surface area (Å²) in [6.45, 7) is 2.43. The third-order valence-corrected chi connectivity index (χ3v) is 1.95. The van der Waals surface area contributed by atoms with Crippen molar-refractivity contribution in [2.75, 3.05) is 7.05 Å². The summed E-state index contributed by atoms with van der Waals surface area (Å²) in [7, 11) is 1.55. The van der Waals surface area contributed by atoms with Crippen molar-refractivity contribution in [1.29, 1.82) is 0 Å². The number of hydrogen-bond donors (Lipinski definition) is 2. The molecular weight excluding hydrogens is 178 g/mol. The van der Waals surface area contributed by atoms with E-state index in [4.69, 9.17) is 5.84 Å². The van der Waals surface area contributed by atoms with Gasteiger partial charge < -0.3 is 5.32 Å². The van der Waals surface area contributed by atoms with E-state index in [1.54, 1.807) is 7.05 Å². The highest BCUT2D eigenvalue weighted by molar-refractivity contribution is 5.73. The first-order valence-corrected chi connectivity index (χ1v) is 4.43. The molecule has 0 bridgehead atoms. The molecule has 4 nitrogen and oxygen atoms in total. The molecule has 4 heteroatoms. The van der Waals surface area contributed by atoms with Crippen molar-refractivity contribution >= 4 is 6.03 Å². The van der Waals surface area contributed by atoms with Crippen molar-refractivity contribution in [2.45, 2.75) is 13.5 Å². The van der Waals surface area contributed by atoms with E-state index in [2.05, 4.69) is 5.32 Å². The van der Waals surface area contributed by atoms with Gasteiger partial charge in [0.15, 0.2) is 0 Å². The van der Waals surface area contributed by atoms with Crippen LogP contribution in [0, 0.1) is 6.92 Å². The molecule has 2 amide bonds. The molecule has 0 saturated heterocycles. The quantitative estimate of drug-likeness (QED) is 0.418. The standard InChI is InChI=1S/C10H15N3O/c1-8-3-5-9(6-4-8)7-13(11)10(14)12-2/h3-6H,7,11H2,1-2H3,(H,12,14). The Labute approximate surface area is 83.7 Å². The molecule has 0 fully saturated rings. The first kappa shape index (κ1) is 10.5.